The summed E-state index contributed by atoms with van der Waals surface area (Å²) in [6.45, 7) is 7.94. The average Bonchev–Trinajstić information content (AvgIpc) is 2.82. The third kappa shape index (κ3) is 6.69. The molecule has 3 rings (SSSR count). The lowest BCUT2D eigenvalue weighted by Gasteiger charge is -2.33. The Balaban J connectivity index is 1.97. The number of hydrogen-bond acceptors (Lipinski definition) is 6. The molecule has 0 aromatic heterocycles. The third-order valence-corrected chi connectivity index (χ3v) is 7.05. The molecule has 0 saturated carbocycles. The fourth-order valence-electron chi connectivity index (χ4n) is 4.07. The molecular formula is C26H35N3O6S. The Hall–Kier alpha value is -3.27. The molecule has 0 saturated heterocycles. The number of rotatable bonds is 10. The maximum Gasteiger partial charge on any atom is 0.244 e. The lowest BCUT2D eigenvalue weighted by Crippen LogP contribution is -2.53. The highest BCUT2D eigenvalue weighted by Crippen LogP contribution is 2.34. The first-order valence-electron chi connectivity index (χ1n) is 12.0. The fourth-order valence-corrected chi connectivity index (χ4v) is 4.91. The van der Waals surface area contributed by atoms with Gasteiger partial charge < -0.3 is 19.7 Å². The summed E-state index contributed by atoms with van der Waals surface area (Å²) in [4.78, 5) is 28.3. The van der Waals surface area contributed by atoms with Crippen LogP contribution in [0.3, 0.4) is 0 Å². The molecule has 36 heavy (non-hydrogen) atoms. The van der Waals surface area contributed by atoms with Crippen LogP contribution in [0.25, 0.3) is 0 Å². The Kier molecular flexibility index (Phi) is 8.84. The fraction of sp³-hybridized carbons (Fsp3) is 0.462. The van der Waals surface area contributed by atoms with Gasteiger partial charge in [-0.05, 0) is 50.5 Å². The van der Waals surface area contributed by atoms with E-state index in [0.717, 1.165) is 21.7 Å². The number of ether oxygens (including phenoxy) is 2. The standard InChI is InChI=1S/C26H35N3O6S/c1-6-22(26(31)27-18(2)3)28(16-20-10-8-7-9-19(20)4)25(30)17-29(36(5,32)33)21-11-12-23-24(15-21)35-14-13-34-23/h7-12,15,18,22H,6,13-14,16-17H2,1-5H3,(H,27,31)/t22-/m0/s1. The lowest BCUT2D eigenvalue weighted by atomic mass is 10.1. The normalized spacial score (nSPS) is 13.7. The lowest BCUT2D eigenvalue weighted by molar-refractivity contribution is -0.140. The molecule has 0 spiro atoms. The number of carbonyl (C=O) groups is 2. The largest absolute Gasteiger partial charge is 0.486 e. The van der Waals surface area contributed by atoms with Crippen LogP contribution in [0.1, 0.15) is 38.3 Å². The van der Waals surface area contributed by atoms with Crippen LogP contribution in [0.2, 0.25) is 0 Å². The highest BCUT2D eigenvalue weighted by Gasteiger charge is 2.32. The van der Waals surface area contributed by atoms with E-state index in [9.17, 15) is 18.0 Å². The van der Waals surface area contributed by atoms with Gasteiger partial charge >= 0.3 is 0 Å². The van der Waals surface area contributed by atoms with Crippen LogP contribution in [-0.4, -0.2) is 63.2 Å². The van der Waals surface area contributed by atoms with Crippen LogP contribution >= 0.6 is 0 Å². The predicted molar refractivity (Wildman–Crippen MR) is 139 cm³/mol. The summed E-state index contributed by atoms with van der Waals surface area (Å²) < 4.78 is 37.8. The van der Waals surface area contributed by atoms with Crippen LogP contribution in [0.4, 0.5) is 5.69 Å². The van der Waals surface area contributed by atoms with Gasteiger partial charge in [0.15, 0.2) is 11.5 Å². The molecule has 1 aliphatic rings. The van der Waals surface area contributed by atoms with E-state index in [-0.39, 0.29) is 24.2 Å². The molecule has 0 radical (unpaired) electrons. The number of aryl methyl sites for hydroxylation is 1. The summed E-state index contributed by atoms with van der Waals surface area (Å²) >= 11 is 0. The Morgan fingerprint density at radius 2 is 1.72 bits per heavy atom. The number of hydrogen-bond donors (Lipinski definition) is 1. The van der Waals surface area contributed by atoms with E-state index in [1.54, 1.807) is 18.2 Å². The zero-order chi connectivity index (χ0) is 26.5. The summed E-state index contributed by atoms with van der Waals surface area (Å²) in [6, 6.07) is 11.5. The summed E-state index contributed by atoms with van der Waals surface area (Å²) in [7, 11) is -3.84. The van der Waals surface area contributed by atoms with Gasteiger partial charge in [0.25, 0.3) is 0 Å². The Bertz CT molecular complexity index is 1200. The second-order valence-electron chi connectivity index (χ2n) is 9.13. The molecule has 1 N–H and O–H groups in total. The molecule has 196 valence electrons. The smallest absolute Gasteiger partial charge is 0.244 e. The third-order valence-electron chi connectivity index (χ3n) is 5.91. The van der Waals surface area contributed by atoms with Gasteiger partial charge in [0, 0.05) is 18.7 Å². The first-order chi connectivity index (χ1) is 17.0. The van der Waals surface area contributed by atoms with Gasteiger partial charge in [0.1, 0.15) is 25.8 Å². The SMILES string of the molecule is CC[C@@H](C(=O)NC(C)C)N(Cc1ccccc1C)C(=O)CN(c1ccc2c(c1)OCCO2)S(C)(=O)=O. The van der Waals surface area contributed by atoms with E-state index in [1.807, 2.05) is 52.0 Å². The molecule has 0 unspecified atom stereocenters. The van der Waals surface area contributed by atoms with Crippen LogP contribution < -0.4 is 19.1 Å². The molecular weight excluding hydrogens is 482 g/mol. The number of benzene rings is 2. The molecule has 10 heteroatoms. The second-order valence-corrected chi connectivity index (χ2v) is 11.0. The maximum absolute atomic E-state index is 13.8. The number of carbonyl (C=O) groups excluding carboxylic acids is 2. The molecule has 2 aromatic carbocycles. The predicted octanol–water partition coefficient (Wildman–Crippen LogP) is 2.86. The van der Waals surface area contributed by atoms with Crippen molar-refractivity contribution in [2.75, 3.05) is 30.3 Å². The maximum atomic E-state index is 13.8. The van der Waals surface area contributed by atoms with E-state index in [4.69, 9.17) is 9.47 Å². The number of anilines is 1. The van der Waals surface area contributed by atoms with E-state index in [0.29, 0.717) is 31.1 Å². The summed E-state index contributed by atoms with van der Waals surface area (Å²) in [6.07, 6.45) is 1.42. The molecule has 0 aliphatic carbocycles. The van der Waals surface area contributed by atoms with Crippen molar-refractivity contribution in [1.29, 1.82) is 0 Å². The molecule has 2 aromatic rings. The number of nitrogens with zero attached hydrogens (tertiary/aromatic N) is 2. The molecule has 0 bridgehead atoms. The van der Waals surface area contributed by atoms with Crippen LogP contribution in [-0.2, 0) is 26.2 Å². The zero-order valence-corrected chi connectivity index (χ0v) is 22.3. The molecule has 2 amide bonds. The van der Waals surface area contributed by atoms with Gasteiger partial charge in [-0.15, -0.1) is 0 Å². The topological polar surface area (TPSA) is 105 Å². The first kappa shape index (κ1) is 27.3. The van der Waals surface area contributed by atoms with E-state index >= 15 is 0 Å². The number of amides is 2. The van der Waals surface area contributed by atoms with Gasteiger partial charge in [-0.2, -0.15) is 0 Å². The van der Waals surface area contributed by atoms with Crippen molar-refractivity contribution >= 4 is 27.5 Å². The summed E-state index contributed by atoms with van der Waals surface area (Å²) in [5.74, 6) is 0.172. The van der Waals surface area contributed by atoms with Crippen LogP contribution in [0.15, 0.2) is 42.5 Å². The molecule has 1 heterocycles. The van der Waals surface area contributed by atoms with Crippen LogP contribution in [0.5, 0.6) is 11.5 Å². The van der Waals surface area contributed by atoms with E-state index < -0.39 is 28.5 Å². The number of nitrogens with one attached hydrogen (secondary N) is 1. The Morgan fingerprint density at radius 1 is 1.06 bits per heavy atom. The Labute approximate surface area is 213 Å². The average molecular weight is 518 g/mol. The zero-order valence-electron chi connectivity index (χ0n) is 21.5. The highest BCUT2D eigenvalue weighted by atomic mass is 32.2. The minimum absolute atomic E-state index is 0.104. The molecule has 1 atom stereocenters. The van der Waals surface area contributed by atoms with Gasteiger partial charge in [0.05, 0.1) is 11.9 Å². The van der Waals surface area contributed by atoms with E-state index in [2.05, 4.69) is 5.32 Å². The van der Waals surface area contributed by atoms with Crippen molar-refractivity contribution in [3.8, 4) is 11.5 Å². The number of fused-ring (bicyclic) bond motifs is 1. The Morgan fingerprint density at radius 3 is 2.33 bits per heavy atom. The van der Waals surface area contributed by atoms with Gasteiger partial charge in [-0.25, -0.2) is 8.42 Å². The molecule has 1 aliphatic heterocycles. The minimum Gasteiger partial charge on any atom is -0.486 e. The first-order valence-corrected chi connectivity index (χ1v) is 13.9. The second kappa shape index (κ2) is 11.6. The number of sulfonamides is 1. The van der Waals surface area contributed by atoms with Crippen LogP contribution in [0, 0.1) is 6.92 Å². The summed E-state index contributed by atoms with van der Waals surface area (Å²) in [5.41, 5.74) is 2.14. The van der Waals surface area contributed by atoms with Crippen molar-refractivity contribution in [2.45, 2.75) is 52.7 Å². The highest BCUT2D eigenvalue weighted by molar-refractivity contribution is 7.92. The van der Waals surface area contributed by atoms with Crippen molar-refractivity contribution in [2.24, 2.45) is 0 Å². The monoisotopic (exact) mass is 517 g/mol. The van der Waals surface area contributed by atoms with Gasteiger partial charge in [-0.1, -0.05) is 31.2 Å². The summed E-state index contributed by atoms with van der Waals surface area (Å²) in [5, 5.41) is 2.88. The molecule has 9 nitrogen and oxygen atoms in total. The van der Waals surface area contributed by atoms with Crippen molar-refractivity contribution in [3.05, 3.63) is 53.6 Å². The van der Waals surface area contributed by atoms with Crippen molar-refractivity contribution < 1.29 is 27.5 Å². The van der Waals surface area contributed by atoms with Gasteiger partial charge in [0.2, 0.25) is 21.8 Å². The quantitative estimate of drug-likeness (QED) is 0.520. The van der Waals surface area contributed by atoms with Crippen molar-refractivity contribution in [3.63, 3.8) is 0 Å². The van der Waals surface area contributed by atoms with Gasteiger partial charge in [-0.3, -0.25) is 13.9 Å². The van der Waals surface area contributed by atoms with Crippen molar-refractivity contribution in [1.82, 2.24) is 10.2 Å². The van der Waals surface area contributed by atoms with E-state index in [1.165, 1.54) is 4.90 Å². The minimum atomic E-state index is -3.84. The molecule has 0 fully saturated rings.